The van der Waals surface area contributed by atoms with Crippen LogP contribution < -0.4 is 0 Å². The fourth-order valence-corrected chi connectivity index (χ4v) is 1.66. The van der Waals surface area contributed by atoms with Crippen LogP contribution in [-0.2, 0) is 6.42 Å². The fourth-order valence-electron chi connectivity index (χ4n) is 1.30. The van der Waals surface area contributed by atoms with Gasteiger partial charge in [-0.05, 0) is 60.1 Å². The van der Waals surface area contributed by atoms with Gasteiger partial charge in [-0.15, -0.1) is 0 Å². The van der Waals surface area contributed by atoms with Crippen LogP contribution in [0.3, 0.4) is 0 Å². The Morgan fingerprint density at radius 2 is 1.93 bits per heavy atom. The minimum Gasteiger partial charge on any atom is -0.198 e. The van der Waals surface area contributed by atoms with Crippen molar-refractivity contribution in [1.29, 1.82) is 5.26 Å². The van der Waals surface area contributed by atoms with Crippen molar-refractivity contribution in [3.63, 3.8) is 0 Å². The van der Waals surface area contributed by atoms with Crippen LogP contribution in [0.5, 0.6) is 0 Å². The van der Waals surface area contributed by atoms with Gasteiger partial charge in [0.1, 0.15) is 0 Å². The highest BCUT2D eigenvalue weighted by Gasteiger charge is 2.21. The van der Waals surface area contributed by atoms with Crippen molar-refractivity contribution < 1.29 is 0 Å². The highest BCUT2D eigenvalue weighted by atomic mass is 127. The van der Waals surface area contributed by atoms with Gasteiger partial charge in [0, 0.05) is 3.57 Å². The van der Waals surface area contributed by atoms with Crippen molar-refractivity contribution in [2.45, 2.75) is 26.7 Å². The first-order valence-electron chi connectivity index (χ1n) is 4.75. The van der Waals surface area contributed by atoms with E-state index in [1.165, 1.54) is 9.13 Å². The van der Waals surface area contributed by atoms with Gasteiger partial charge in [-0.3, -0.25) is 0 Å². The molecule has 1 aromatic rings. The molecule has 1 nitrogen and oxygen atoms in total. The van der Waals surface area contributed by atoms with E-state index in [1.807, 2.05) is 6.92 Å². The molecule has 1 atom stereocenters. The van der Waals surface area contributed by atoms with Crippen molar-refractivity contribution in [1.82, 2.24) is 0 Å². The molecule has 0 aliphatic heterocycles. The Hall–Kier alpha value is -0.560. The Balaban J connectivity index is 2.79. The van der Waals surface area contributed by atoms with Gasteiger partial charge >= 0.3 is 0 Å². The molecular weight excluding hydrogens is 285 g/mol. The van der Waals surface area contributed by atoms with Gasteiger partial charge < -0.3 is 0 Å². The van der Waals surface area contributed by atoms with Crippen LogP contribution in [0, 0.1) is 20.3 Å². The number of hydrogen-bond acceptors (Lipinski definition) is 1. The maximum Gasteiger partial charge on any atom is 0.0690 e. The van der Waals surface area contributed by atoms with Crippen molar-refractivity contribution in [2.75, 3.05) is 0 Å². The van der Waals surface area contributed by atoms with E-state index in [-0.39, 0.29) is 5.41 Å². The normalized spacial score (nSPS) is 14.4. The molecule has 0 bridgehead atoms. The van der Waals surface area contributed by atoms with Gasteiger partial charge in [0.15, 0.2) is 0 Å². The zero-order valence-electron chi connectivity index (χ0n) is 8.55. The summed E-state index contributed by atoms with van der Waals surface area (Å²) in [5.41, 5.74) is 1.03. The Kier molecular flexibility index (Phi) is 3.94. The molecule has 0 heterocycles. The molecule has 0 saturated heterocycles. The van der Waals surface area contributed by atoms with Crippen molar-refractivity contribution >= 4 is 22.6 Å². The molecule has 1 rings (SSSR count). The summed E-state index contributed by atoms with van der Waals surface area (Å²) in [5, 5.41) is 9.05. The summed E-state index contributed by atoms with van der Waals surface area (Å²) in [6.45, 7) is 4.08. The lowest BCUT2D eigenvalue weighted by atomic mass is 9.83. The van der Waals surface area contributed by atoms with Gasteiger partial charge in [-0.25, -0.2) is 0 Å². The van der Waals surface area contributed by atoms with Gasteiger partial charge in [0.05, 0.1) is 11.5 Å². The predicted octanol–water partition coefficient (Wildman–Crippen LogP) is 3.77. The summed E-state index contributed by atoms with van der Waals surface area (Å²) >= 11 is 2.29. The first-order chi connectivity index (χ1) is 6.59. The zero-order chi connectivity index (χ0) is 10.6. The van der Waals surface area contributed by atoms with Crippen molar-refractivity contribution in [2.24, 2.45) is 5.41 Å². The molecule has 0 saturated carbocycles. The standard InChI is InChI=1S/C12H14IN/c1-3-12(2,9-14)8-10-4-6-11(13)7-5-10/h4-7H,3,8H2,1-2H3. The third-order valence-corrected chi connectivity index (χ3v) is 3.28. The summed E-state index contributed by atoms with van der Waals surface area (Å²) in [7, 11) is 0. The average molecular weight is 299 g/mol. The minimum absolute atomic E-state index is 0.215. The molecular formula is C12H14IN. The van der Waals surface area contributed by atoms with Crippen LogP contribution in [0.1, 0.15) is 25.8 Å². The Morgan fingerprint density at radius 1 is 1.36 bits per heavy atom. The van der Waals surface area contributed by atoms with E-state index < -0.39 is 0 Å². The van der Waals surface area contributed by atoms with Crippen LogP contribution in [0.2, 0.25) is 0 Å². The molecule has 0 aromatic heterocycles. The lowest BCUT2D eigenvalue weighted by molar-refractivity contribution is 0.423. The van der Waals surface area contributed by atoms with E-state index in [0.717, 1.165) is 12.8 Å². The first kappa shape index (κ1) is 11.5. The van der Waals surface area contributed by atoms with Gasteiger partial charge in [-0.1, -0.05) is 19.1 Å². The predicted molar refractivity (Wildman–Crippen MR) is 66.9 cm³/mol. The van der Waals surface area contributed by atoms with Crippen LogP contribution >= 0.6 is 22.6 Å². The van der Waals surface area contributed by atoms with Gasteiger partial charge in [0.2, 0.25) is 0 Å². The van der Waals surface area contributed by atoms with Crippen LogP contribution in [-0.4, -0.2) is 0 Å². The first-order valence-corrected chi connectivity index (χ1v) is 5.83. The summed E-state index contributed by atoms with van der Waals surface area (Å²) in [4.78, 5) is 0. The highest BCUT2D eigenvalue weighted by molar-refractivity contribution is 14.1. The maximum atomic E-state index is 9.05. The second-order valence-electron chi connectivity index (χ2n) is 3.83. The minimum atomic E-state index is -0.215. The summed E-state index contributed by atoms with van der Waals surface area (Å²) in [5.74, 6) is 0. The van der Waals surface area contributed by atoms with Crippen LogP contribution in [0.15, 0.2) is 24.3 Å². The topological polar surface area (TPSA) is 23.8 Å². The number of nitriles is 1. The lowest BCUT2D eigenvalue weighted by Crippen LogP contribution is -2.15. The lowest BCUT2D eigenvalue weighted by Gasteiger charge is -2.18. The molecule has 0 fully saturated rings. The Morgan fingerprint density at radius 3 is 2.36 bits per heavy atom. The fraction of sp³-hybridized carbons (Fsp3) is 0.417. The largest absolute Gasteiger partial charge is 0.198 e. The molecule has 2 heteroatoms. The molecule has 74 valence electrons. The summed E-state index contributed by atoms with van der Waals surface area (Å²) in [6, 6.07) is 10.8. The van der Waals surface area contributed by atoms with Gasteiger partial charge in [-0.2, -0.15) is 5.26 Å². The average Bonchev–Trinajstić information content (AvgIpc) is 2.21. The third kappa shape index (κ3) is 2.98. The van der Waals surface area contributed by atoms with E-state index >= 15 is 0 Å². The SMILES string of the molecule is CCC(C)(C#N)Cc1ccc(I)cc1. The second-order valence-corrected chi connectivity index (χ2v) is 5.07. The number of rotatable bonds is 3. The van der Waals surface area contributed by atoms with E-state index in [0.29, 0.717) is 0 Å². The molecule has 0 radical (unpaired) electrons. The number of halogens is 1. The Bertz CT molecular complexity index is 336. The molecule has 1 aromatic carbocycles. The molecule has 0 aliphatic carbocycles. The third-order valence-electron chi connectivity index (χ3n) is 2.56. The van der Waals surface area contributed by atoms with E-state index in [1.54, 1.807) is 0 Å². The van der Waals surface area contributed by atoms with E-state index in [9.17, 15) is 0 Å². The van der Waals surface area contributed by atoms with Crippen LogP contribution in [0.4, 0.5) is 0 Å². The number of nitrogens with zero attached hydrogens (tertiary/aromatic N) is 1. The van der Waals surface area contributed by atoms with Crippen molar-refractivity contribution in [3.8, 4) is 6.07 Å². The van der Waals surface area contributed by atoms with Crippen LogP contribution in [0.25, 0.3) is 0 Å². The number of hydrogen-bond donors (Lipinski definition) is 0. The van der Waals surface area contributed by atoms with E-state index in [2.05, 4.69) is 59.8 Å². The summed E-state index contributed by atoms with van der Waals surface area (Å²) in [6.07, 6.45) is 1.74. The summed E-state index contributed by atoms with van der Waals surface area (Å²) < 4.78 is 1.24. The zero-order valence-corrected chi connectivity index (χ0v) is 10.7. The number of benzene rings is 1. The van der Waals surface area contributed by atoms with Crippen molar-refractivity contribution in [3.05, 3.63) is 33.4 Å². The quantitative estimate of drug-likeness (QED) is 0.779. The molecule has 0 spiro atoms. The molecule has 0 N–H and O–H groups in total. The van der Waals surface area contributed by atoms with Gasteiger partial charge in [0.25, 0.3) is 0 Å². The Labute approximate surface area is 99.3 Å². The molecule has 0 aliphatic rings. The van der Waals surface area contributed by atoms with E-state index in [4.69, 9.17) is 5.26 Å². The smallest absolute Gasteiger partial charge is 0.0690 e. The molecule has 0 amide bonds. The maximum absolute atomic E-state index is 9.05. The highest BCUT2D eigenvalue weighted by Crippen LogP contribution is 2.25. The second kappa shape index (κ2) is 4.79. The monoisotopic (exact) mass is 299 g/mol. The molecule has 14 heavy (non-hydrogen) atoms. The molecule has 1 unspecified atom stereocenters.